The van der Waals surface area contributed by atoms with Crippen LogP contribution in [0.1, 0.15) is 25.0 Å². The van der Waals surface area contributed by atoms with E-state index in [4.69, 9.17) is 0 Å². The summed E-state index contributed by atoms with van der Waals surface area (Å²) in [5, 5.41) is 0. The molecular formula is C20H23N3O. The molecule has 1 aromatic heterocycles. The van der Waals surface area contributed by atoms with Gasteiger partial charge in [0.25, 0.3) is 0 Å². The van der Waals surface area contributed by atoms with Crippen molar-refractivity contribution >= 4 is 22.6 Å². The molecule has 0 fully saturated rings. The molecule has 3 rings (SSSR count). The molecule has 4 nitrogen and oxygen atoms in total. The predicted molar refractivity (Wildman–Crippen MR) is 98.3 cm³/mol. The fraction of sp³-hybridized carbons (Fsp3) is 0.300. The molecule has 3 aromatic rings. The minimum absolute atomic E-state index is 0.0636. The molecule has 124 valence electrons. The fourth-order valence-corrected chi connectivity index (χ4v) is 2.98. The van der Waals surface area contributed by atoms with Gasteiger partial charge in [0.2, 0.25) is 5.91 Å². The number of nitrogens with zero attached hydrogens (tertiary/aromatic N) is 3. The second-order valence-electron chi connectivity index (χ2n) is 6.49. The third-order valence-corrected chi connectivity index (χ3v) is 4.36. The Bertz CT molecular complexity index is 865. The van der Waals surface area contributed by atoms with Crippen LogP contribution >= 0.6 is 0 Å². The van der Waals surface area contributed by atoms with E-state index < -0.39 is 0 Å². The van der Waals surface area contributed by atoms with E-state index in [9.17, 15) is 4.79 Å². The Kier molecular flexibility index (Phi) is 4.38. The van der Waals surface area contributed by atoms with E-state index in [0.717, 1.165) is 16.7 Å². The van der Waals surface area contributed by atoms with Crippen molar-refractivity contribution in [3.8, 4) is 0 Å². The van der Waals surface area contributed by atoms with Gasteiger partial charge in [-0.25, -0.2) is 4.98 Å². The van der Waals surface area contributed by atoms with Gasteiger partial charge in [-0.05, 0) is 63.1 Å². The van der Waals surface area contributed by atoms with E-state index in [1.54, 1.807) is 6.33 Å². The second kappa shape index (κ2) is 6.48. The summed E-state index contributed by atoms with van der Waals surface area (Å²) in [6.45, 7) is 8.51. The molecule has 0 aliphatic rings. The Balaban J connectivity index is 1.92. The van der Waals surface area contributed by atoms with Gasteiger partial charge in [-0.2, -0.15) is 0 Å². The van der Waals surface area contributed by atoms with Crippen LogP contribution in [-0.2, 0) is 11.3 Å². The maximum atomic E-state index is 12.9. The topological polar surface area (TPSA) is 38.1 Å². The summed E-state index contributed by atoms with van der Waals surface area (Å²) in [6.07, 6.45) is 1.75. The zero-order chi connectivity index (χ0) is 17.3. The molecule has 0 atom stereocenters. The number of amides is 1. The highest BCUT2D eigenvalue weighted by atomic mass is 16.2. The number of carbonyl (C=O) groups is 1. The molecule has 0 aliphatic carbocycles. The number of fused-ring (bicyclic) bond motifs is 1. The molecule has 1 amide bonds. The lowest BCUT2D eigenvalue weighted by molar-refractivity contribution is -0.119. The van der Waals surface area contributed by atoms with Crippen molar-refractivity contribution in [3.63, 3.8) is 0 Å². The van der Waals surface area contributed by atoms with Crippen LogP contribution in [-0.4, -0.2) is 21.5 Å². The number of imidazole rings is 1. The van der Waals surface area contributed by atoms with Gasteiger partial charge < -0.3 is 9.47 Å². The van der Waals surface area contributed by atoms with E-state index in [0.29, 0.717) is 0 Å². The first-order valence-corrected chi connectivity index (χ1v) is 8.26. The summed E-state index contributed by atoms with van der Waals surface area (Å²) in [7, 11) is 0. The van der Waals surface area contributed by atoms with Crippen LogP contribution in [0.2, 0.25) is 0 Å². The zero-order valence-electron chi connectivity index (χ0n) is 14.7. The van der Waals surface area contributed by atoms with Crippen molar-refractivity contribution in [3.05, 3.63) is 59.9 Å². The number of anilines is 1. The number of aryl methyl sites for hydroxylation is 2. The zero-order valence-corrected chi connectivity index (χ0v) is 14.7. The van der Waals surface area contributed by atoms with Gasteiger partial charge in [0.15, 0.2) is 0 Å². The quantitative estimate of drug-likeness (QED) is 0.726. The second-order valence-corrected chi connectivity index (χ2v) is 6.49. The summed E-state index contributed by atoms with van der Waals surface area (Å²) in [4.78, 5) is 19.2. The van der Waals surface area contributed by atoms with Crippen LogP contribution in [0.4, 0.5) is 5.69 Å². The highest BCUT2D eigenvalue weighted by Crippen LogP contribution is 2.21. The molecule has 0 saturated heterocycles. The van der Waals surface area contributed by atoms with Crippen LogP contribution in [0.25, 0.3) is 11.0 Å². The van der Waals surface area contributed by atoms with Crippen LogP contribution in [0.15, 0.2) is 48.8 Å². The highest BCUT2D eigenvalue weighted by molar-refractivity contribution is 5.94. The molecule has 2 aromatic carbocycles. The van der Waals surface area contributed by atoms with Crippen LogP contribution in [0, 0.1) is 13.8 Å². The maximum Gasteiger partial charge on any atom is 0.247 e. The number of rotatable bonds is 4. The summed E-state index contributed by atoms with van der Waals surface area (Å²) in [6, 6.07) is 14.1. The first kappa shape index (κ1) is 16.2. The number of para-hydroxylation sites is 1. The normalized spacial score (nSPS) is 11.2. The summed E-state index contributed by atoms with van der Waals surface area (Å²) in [5.41, 5.74) is 5.28. The molecule has 4 heteroatoms. The van der Waals surface area contributed by atoms with E-state index in [-0.39, 0.29) is 18.5 Å². The van der Waals surface area contributed by atoms with Gasteiger partial charge in [-0.15, -0.1) is 0 Å². The third kappa shape index (κ3) is 3.04. The number of carbonyl (C=O) groups excluding carboxylic acids is 1. The molecule has 0 aliphatic heterocycles. The largest absolute Gasteiger partial charge is 0.321 e. The van der Waals surface area contributed by atoms with Crippen molar-refractivity contribution in [1.82, 2.24) is 9.55 Å². The SMILES string of the molecule is Cc1cc2ncn(CC(=O)N(c3ccccc3)C(C)C)c2cc1C. The molecule has 1 heterocycles. The first-order valence-electron chi connectivity index (χ1n) is 8.26. The fourth-order valence-electron chi connectivity index (χ4n) is 2.98. The van der Waals surface area contributed by atoms with Gasteiger partial charge >= 0.3 is 0 Å². The molecule has 0 unspecified atom stereocenters. The lowest BCUT2D eigenvalue weighted by Gasteiger charge is -2.27. The van der Waals surface area contributed by atoms with E-state index >= 15 is 0 Å². The maximum absolute atomic E-state index is 12.9. The van der Waals surface area contributed by atoms with Crippen molar-refractivity contribution in [2.75, 3.05) is 4.90 Å². The minimum Gasteiger partial charge on any atom is -0.321 e. The molecular weight excluding hydrogens is 298 g/mol. The lowest BCUT2D eigenvalue weighted by Crippen LogP contribution is -2.39. The molecule has 0 radical (unpaired) electrons. The van der Waals surface area contributed by atoms with Gasteiger partial charge in [0, 0.05) is 11.7 Å². The molecule has 0 spiro atoms. The van der Waals surface area contributed by atoms with Crippen molar-refractivity contribution in [2.45, 2.75) is 40.3 Å². The molecule has 0 bridgehead atoms. The predicted octanol–water partition coefficient (Wildman–Crippen LogP) is 4.09. The van der Waals surface area contributed by atoms with Gasteiger partial charge in [-0.1, -0.05) is 18.2 Å². The number of hydrogen-bond acceptors (Lipinski definition) is 2. The average Bonchev–Trinajstić information content (AvgIpc) is 2.90. The van der Waals surface area contributed by atoms with Crippen LogP contribution in [0.3, 0.4) is 0 Å². The third-order valence-electron chi connectivity index (χ3n) is 4.36. The summed E-state index contributed by atoms with van der Waals surface area (Å²) >= 11 is 0. The smallest absolute Gasteiger partial charge is 0.247 e. The Morgan fingerprint density at radius 2 is 1.79 bits per heavy atom. The van der Waals surface area contributed by atoms with Gasteiger partial charge in [-0.3, -0.25) is 4.79 Å². The monoisotopic (exact) mass is 321 g/mol. The number of benzene rings is 2. The standard InChI is InChI=1S/C20H23N3O/c1-14(2)23(17-8-6-5-7-9-17)20(24)12-22-13-21-18-10-15(3)16(4)11-19(18)22/h5-11,13-14H,12H2,1-4H3. The lowest BCUT2D eigenvalue weighted by atomic mass is 10.1. The van der Waals surface area contributed by atoms with E-state index in [1.165, 1.54) is 11.1 Å². The van der Waals surface area contributed by atoms with E-state index in [1.807, 2.05) is 53.6 Å². The Morgan fingerprint density at radius 1 is 1.12 bits per heavy atom. The number of aromatic nitrogens is 2. The highest BCUT2D eigenvalue weighted by Gasteiger charge is 2.20. The van der Waals surface area contributed by atoms with E-state index in [2.05, 4.69) is 31.0 Å². The Morgan fingerprint density at radius 3 is 2.46 bits per heavy atom. The van der Waals surface area contributed by atoms with Crippen molar-refractivity contribution in [2.24, 2.45) is 0 Å². The molecule has 24 heavy (non-hydrogen) atoms. The minimum atomic E-state index is 0.0636. The van der Waals surface area contributed by atoms with Crippen molar-refractivity contribution in [1.29, 1.82) is 0 Å². The molecule has 0 N–H and O–H groups in total. The van der Waals surface area contributed by atoms with Gasteiger partial charge in [0.05, 0.1) is 17.4 Å². The van der Waals surface area contributed by atoms with Gasteiger partial charge in [0.1, 0.15) is 6.54 Å². The molecule has 0 saturated carbocycles. The summed E-state index contributed by atoms with van der Waals surface area (Å²) in [5.74, 6) is 0.0636. The van der Waals surface area contributed by atoms with Crippen LogP contribution < -0.4 is 4.90 Å². The average molecular weight is 321 g/mol. The van der Waals surface area contributed by atoms with Crippen molar-refractivity contribution < 1.29 is 4.79 Å². The summed E-state index contributed by atoms with van der Waals surface area (Å²) < 4.78 is 1.93. The van der Waals surface area contributed by atoms with Crippen LogP contribution in [0.5, 0.6) is 0 Å². The number of hydrogen-bond donors (Lipinski definition) is 0. The first-order chi connectivity index (χ1) is 11.5. The Hall–Kier alpha value is -2.62. The Labute approximate surface area is 142 Å².